The van der Waals surface area contributed by atoms with Crippen molar-refractivity contribution in [2.24, 2.45) is 0 Å². The number of para-hydroxylation sites is 2. The van der Waals surface area contributed by atoms with Crippen molar-refractivity contribution in [3.05, 3.63) is 65.6 Å². The number of nitrogens with zero attached hydrogens (tertiary/aromatic N) is 2. The summed E-state index contributed by atoms with van der Waals surface area (Å²) in [5.41, 5.74) is 2.87. The first kappa shape index (κ1) is 17.1. The van der Waals surface area contributed by atoms with E-state index in [1.807, 2.05) is 24.3 Å². The zero-order valence-corrected chi connectivity index (χ0v) is 14.5. The average molecular weight is 367 g/mol. The van der Waals surface area contributed by atoms with E-state index in [4.69, 9.17) is 0 Å². The second kappa shape index (κ2) is 6.75. The first-order valence-electron chi connectivity index (χ1n) is 8.66. The second-order valence-electron chi connectivity index (χ2n) is 6.50. The zero-order valence-electron chi connectivity index (χ0n) is 14.5. The predicted octanol–water partition coefficient (Wildman–Crippen LogP) is 3.46. The Labute approximate surface area is 154 Å². The van der Waals surface area contributed by atoms with Crippen LogP contribution in [0, 0.1) is 5.82 Å². The van der Waals surface area contributed by atoms with Gasteiger partial charge in [-0.25, -0.2) is 9.18 Å². The van der Waals surface area contributed by atoms with E-state index in [9.17, 15) is 19.1 Å². The molecule has 3 aromatic rings. The molecule has 0 spiro atoms. The van der Waals surface area contributed by atoms with Crippen LogP contribution in [0.5, 0.6) is 0 Å². The highest BCUT2D eigenvalue weighted by Gasteiger charge is 2.27. The van der Waals surface area contributed by atoms with Crippen molar-refractivity contribution in [2.75, 3.05) is 11.9 Å². The van der Waals surface area contributed by atoms with Gasteiger partial charge in [-0.05, 0) is 18.2 Å². The van der Waals surface area contributed by atoms with Gasteiger partial charge in [0.2, 0.25) is 0 Å². The average Bonchev–Trinajstić information content (AvgIpc) is 2.97. The van der Waals surface area contributed by atoms with Crippen LogP contribution in [0.3, 0.4) is 0 Å². The van der Waals surface area contributed by atoms with E-state index in [1.54, 1.807) is 21.6 Å². The maximum Gasteiger partial charge on any atom is 0.323 e. The number of halogens is 1. The van der Waals surface area contributed by atoms with Crippen LogP contribution in [0.4, 0.5) is 14.9 Å². The monoisotopic (exact) mass is 367 g/mol. The van der Waals surface area contributed by atoms with Crippen LogP contribution in [0.1, 0.15) is 11.3 Å². The van der Waals surface area contributed by atoms with Gasteiger partial charge in [-0.15, -0.1) is 0 Å². The number of hydrogen-bond acceptors (Lipinski definition) is 2. The minimum absolute atomic E-state index is 0.114. The molecule has 7 heteroatoms. The summed E-state index contributed by atoms with van der Waals surface area (Å²) in [6.07, 6.45) is 0.544. The molecule has 0 radical (unpaired) electrons. The van der Waals surface area contributed by atoms with Gasteiger partial charge in [-0.1, -0.05) is 30.3 Å². The Morgan fingerprint density at radius 1 is 1.11 bits per heavy atom. The van der Waals surface area contributed by atoms with E-state index in [-0.39, 0.29) is 18.3 Å². The summed E-state index contributed by atoms with van der Waals surface area (Å²) >= 11 is 0. The Morgan fingerprint density at radius 3 is 2.63 bits per heavy atom. The van der Waals surface area contributed by atoms with Crippen molar-refractivity contribution < 1.29 is 19.1 Å². The molecule has 4 rings (SSSR count). The van der Waals surface area contributed by atoms with Crippen molar-refractivity contribution in [3.8, 4) is 0 Å². The van der Waals surface area contributed by atoms with Gasteiger partial charge in [0, 0.05) is 41.7 Å². The third-order valence-corrected chi connectivity index (χ3v) is 4.86. The van der Waals surface area contributed by atoms with Gasteiger partial charge in [-0.3, -0.25) is 4.79 Å². The maximum atomic E-state index is 13.8. The van der Waals surface area contributed by atoms with Crippen LogP contribution < -0.4 is 5.32 Å². The van der Waals surface area contributed by atoms with E-state index in [1.165, 1.54) is 12.1 Å². The lowest BCUT2D eigenvalue weighted by Gasteiger charge is -2.28. The number of carbonyl (C=O) groups excluding carboxylic acids is 1. The van der Waals surface area contributed by atoms with Crippen LogP contribution in [0.2, 0.25) is 0 Å². The number of hydrogen-bond donors (Lipinski definition) is 2. The van der Waals surface area contributed by atoms with Crippen LogP contribution in [0.15, 0.2) is 48.5 Å². The molecular formula is C20H18FN3O3. The number of aliphatic carboxylic acids is 1. The fourth-order valence-corrected chi connectivity index (χ4v) is 3.65. The summed E-state index contributed by atoms with van der Waals surface area (Å²) < 4.78 is 15.6. The standard InChI is InChI=1S/C20H18FN3O3/c21-15-6-2-3-7-16(15)22-20(27)23-10-9-18-14(11-23)13-5-1-4-8-17(13)24(18)12-19(25)26/h1-8H,9-12H2,(H,22,27)(H,25,26). The van der Waals surface area contributed by atoms with E-state index >= 15 is 0 Å². The van der Waals surface area contributed by atoms with Crippen molar-refractivity contribution >= 4 is 28.6 Å². The van der Waals surface area contributed by atoms with Crippen LogP contribution in [-0.4, -0.2) is 33.1 Å². The minimum Gasteiger partial charge on any atom is -0.480 e. The molecule has 0 unspecified atom stereocenters. The molecule has 0 fully saturated rings. The zero-order chi connectivity index (χ0) is 19.0. The third-order valence-electron chi connectivity index (χ3n) is 4.86. The SMILES string of the molecule is O=C(O)Cn1c2c(c3ccccc31)CN(C(=O)Nc1ccccc1F)CC2. The molecule has 1 aromatic heterocycles. The second-order valence-corrected chi connectivity index (χ2v) is 6.50. The highest BCUT2D eigenvalue weighted by atomic mass is 19.1. The molecule has 0 bridgehead atoms. The molecule has 0 saturated carbocycles. The van der Waals surface area contributed by atoms with Crippen molar-refractivity contribution in [1.82, 2.24) is 9.47 Å². The quantitative estimate of drug-likeness (QED) is 0.745. The highest BCUT2D eigenvalue weighted by molar-refractivity contribution is 5.91. The van der Waals surface area contributed by atoms with Gasteiger partial charge in [-0.2, -0.15) is 0 Å². The van der Waals surface area contributed by atoms with E-state index in [2.05, 4.69) is 5.32 Å². The van der Waals surface area contributed by atoms with Gasteiger partial charge in [0.25, 0.3) is 0 Å². The van der Waals surface area contributed by atoms with Gasteiger partial charge in [0.1, 0.15) is 12.4 Å². The van der Waals surface area contributed by atoms with E-state index < -0.39 is 11.8 Å². The minimum atomic E-state index is -0.904. The van der Waals surface area contributed by atoms with Crippen LogP contribution in [-0.2, 0) is 24.3 Å². The number of fused-ring (bicyclic) bond motifs is 3. The molecule has 0 atom stereocenters. The molecule has 6 nitrogen and oxygen atoms in total. The van der Waals surface area contributed by atoms with Gasteiger partial charge >= 0.3 is 12.0 Å². The smallest absolute Gasteiger partial charge is 0.323 e. The van der Waals surface area contributed by atoms with E-state index in [0.717, 1.165) is 22.2 Å². The number of carboxylic acid groups (broad SMARTS) is 1. The molecule has 1 aliphatic rings. The number of carbonyl (C=O) groups is 2. The molecule has 2 aromatic carbocycles. The number of urea groups is 1. The van der Waals surface area contributed by atoms with Gasteiger partial charge in [0.15, 0.2) is 0 Å². The lowest BCUT2D eigenvalue weighted by molar-refractivity contribution is -0.137. The number of nitrogens with one attached hydrogen (secondary N) is 1. The fourth-order valence-electron chi connectivity index (χ4n) is 3.65. The fraction of sp³-hybridized carbons (Fsp3) is 0.200. The van der Waals surface area contributed by atoms with Crippen LogP contribution in [0.25, 0.3) is 10.9 Å². The van der Waals surface area contributed by atoms with Gasteiger partial charge in [0.05, 0.1) is 5.69 Å². The Balaban J connectivity index is 1.64. The topological polar surface area (TPSA) is 74.6 Å². The summed E-state index contributed by atoms with van der Waals surface area (Å²) in [4.78, 5) is 25.5. The maximum absolute atomic E-state index is 13.8. The summed E-state index contributed by atoms with van der Waals surface area (Å²) in [5.74, 6) is -1.39. The third kappa shape index (κ3) is 3.12. The normalized spacial score (nSPS) is 13.4. The number of rotatable bonds is 3. The Kier molecular flexibility index (Phi) is 4.27. The number of carboxylic acids is 1. The molecule has 138 valence electrons. The Hall–Kier alpha value is -3.35. The molecule has 1 aliphatic heterocycles. The van der Waals surface area contributed by atoms with Crippen molar-refractivity contribution in [2.45, 2.75) is 19.5 Å². The summed E-state index contributed by atoms with van der Waals surface area (Å²) in [6.45, 7) is 0.670. The van der Waals surface area contributed by atoms with Gasteiger partial charge < -0.3 is 19.9 Å². The molecule has 2 N–H and O–H groups in total. The molecule has 0 aliphatic carbocycles. The number of anilines is 1. The lowest BCUT2D eigenvalue weighted by atomic mass is 10.0. The van der Waals surface area contributed by atoms with Crippen molar-refractivity contribution in [3.63, 3.8) is 0 Å². The first-order chi connectivity index (χ1) is 13.0. The predicted molar refractivity (Wildman–Crippen MR) is 99.1 cm³/mol. The largest absolute Gasteiger partial charge is 0.480 e. The Morgan fingerprint density at radius 2 is 1.85 bits per heavy atom. The molecule has 0 saturated heterocycles. The highest BCUT2D eigenvalue weighted by Crippen LogP contribution is 2.31. The number of amides is 2. The molecular weight excluding hydrogens is 349 g/mol. The molecule has 27 heavy (non-hydrogen) atoms. The number of benzene rings is 2. The summed E-state index contributed by atoms with van der Waals surface area (Å²) in [6, 6.07) is 13.2. The Bertz CT molecular complexity index is 1040. The lowest BCUT2D eigenvalue weighted by Crippen LogP contribution is -2.39. The first-order valence-corrected chi connectivity index (χ1v) is 8.66. The van der Waals surface area contributed by atoms with Crippen LogP contribution >= 0.6 is 0 Å². The summed E-state index contributed by atoms with van der Waals surface area (Å²) in [5, 5.41) is 12.8. The number of aromatic nitrogens is 1. The van der Waals surface area contributed by atoms with Crippen molar-refractivity contribution in [1.29, 1.82) is 0 Å². The molecule has 2 amide bonds. The molecule has 2 heterocycles. The summed E-state index contributed by atoms with van der Waals surface area (Å²) in [7, 11) is 0. The van der Waals surface area contributed by atoms with E-state index in [0.29, 0.717) is 19.5 Å².